The van der Waals surface area contributed by atoms with E-state index >= 15 is 0 Å². The maximum Gasteiger partial charge on any atom is 0.306 e. The summed E-state index contributed by atoms with van der Waals surface area (Å²) in [5, 5.41) is 13.3. The van der Waals surface area contributed by atoms with Crippen molar-refractivity contribution in [3.05, 3.63) is 84.5 Å². The van der Waals surface area contributed by atoms with Gasteiger partial charge in [0, 0.05) is 37.4 Å². The predicted octanol–water partition coefficient (Wildman–Crippen LogP) is 3.15. The second-order valence-corrected chi connectivity index (χ2v) is 12.8. The summed E-state index contributed by atoms with van der Waals surface area (Å²) >= 11 is 0. The standard InChI is InChI=1S/C37H44N4O7/c1-4-39(5-2)26-15-17-27(18-16-26)40-21-11-7-10-14-30(43)47-23-28(25-12-8-6-9-13-25)38-34(44)31-29-19-20-37(48-29)32(31)35(45)41(24(3)22-42)33(37)36(40)46/h6-9,11-13,15-20,24,28-29,31-33,42H,4-5,10,14,21-23H2,1-3H3,(H,38,44)/b11-7-/t24-,28-,29-,31+,32+,33-,37+/m1/s1. The van der Waals surface area contributed by atoms with Crippen LogP contribution in [-0.2, 0) is 28.7 Å². The summed E-state index contributed by atoms with van der Waals surface area (Å²) in [6, 6.07) is 14.4. The van der Waals surface area contributed by atoms with E-state index in [1.165, 1.54) is 4.90 Å². The molecule has 254 valence electrons. The monoisotopic (exact) mass is 656 g/mol. The van der Waals surface area contributed by atoms with Crippen molar-refractivity contribution in [2.75, 3.05) is 42.6 Å². The molecule has 48 heavy (non-hydrogen) atoms. The molecule has 2 aromatic rings. The summed E-state index contributed by atoms with van der Waals surface area (Å²) in [6.45, 7) is 7.23. The number of anilines is 2. The highest BCUT2D eigenvalue weighted by Crippen LogP contribution is 2.56. The van der Waals surface area contributed by atoms with E-state index in [1.807, 2.05) is 66.7 Å². The number of nitrogens with zero attached hydrogens (tertiary/aromatic N) is 3. The minimum absolute atomic E-state index is 0.0812. The molecule has 4 aliphatic rings. The van der Waals surface area contributed by atoms with Gasteiger partial charge in [0.05, 0.1) is 36.6 Å². The van der Waals surface area contributed by atoms with E-state index in [-0.39, 0.29) is 32.1 Å². The lowest BCUT2D eigenvalue weighted by Gasteiger charge is -2.38. The van der Waals surface area contributed by atoms with Crippen LogP contribution in [0.2, 0.25) is 0 Å². The highest BCUT2D eigenvalue weighted by molar-refractivity contribution is 6.05. The molecule has 2 N–H and O–H groups in total. The number of carbonyl (C=O) groups excluding carboxylic acids is 4. The second-order valence-electron chi connectivity index (χ2n) is 12.8. The number of aliphatic hydroxyl groups excluding tert-OH is 1. The van der Waals surface area contributed by atoms with Crippen LogP contribution in [0.4, 0.5) is 11.4 Å². The van der Waals surface area contributed by atoms with E-state index in [0.717, 1.165) is 24.3 Å². The van der Waals surface area contributed by atoms with Gasteiger partial charge in [0.25, 0.3) is 5.91 Å². The lowest BCUT2D eigenvalue weighted by Crippen LogP contribution is -2.58. The molecule has 11 nitrogen and oxygen atoms in total. The first-order valence-electron chi connectivity index (χ1n) is 16.9. The van der Waals surface area contributed by atoms with Crippen LogP contribution >= 0.6 is 0 Å². The van der Waals surface area contributed by atoms with Gasteiger partial charge in [0.1, 0.15) is 18.2 Å². The van der Waals surface area contributed by atoms with Crippen LogP contribution in [0.5, 0.6) is 0 Å². The van der Waals surface area contributed by atoms with Crippen LogP contribution in [0.15, 0.2) is 78.9 Å². The summed E-state index contributed by atoms with van der Waals surface area (Å²) in [5.74, 6) is -3.58. The average Bonchev–Trinajstić information content (AvgIpc) is 3.76. The third kappa shape index (κ3) is 5.90. The normalized spacial score (nSPS) is 30.2. The van der Waals surface area contributed by atoms with Crippen molar-refractivity contribution in [3.8, 4) is 0 Å². The first kappa shape index (κ1) is 33.4. The molecule has 7 atom stereocenters. The zero-order valence-corrected chi connectivity index (χ0v) is 27.7. The van der Waals surface area contributed by atoms with Crippen LogP contribution in [0.3, 0.4) is 0 Å². The van der Waals surface area contributed by atoms with Crippen LogP contribution in [0.25, 0.3) is 0 Å². The molecule has 6 rings (SSSR count). The van der Waals surface area contributed by atoms with Gasteiger partial charge in [0.15, 0.2) is 0 Å². The van der Waals surface area contributed by atoms with E-state index in [4.69, 9.17) is 9.47 Å². The zero-order valence-electron chi connectivity index (χ0n) is 27.7. The maximum atomic E-state index is 14.9. The largest absolute Gasteiger partial charge is 0.463 e. The van der Waals surface area contributed by atoms with Gasteiger partial charge < -0.3 is 34.6 Å². The summed E-state index contributed by atoms with van der Waals surface area (Å²) in [7, 11) is 0. The van der Waals surface area contributed by atoms with Crippen LogP contribution in [-0.4, -0.2) is 90.3 Å². The van der Waals surface area contributed by atoms with E-state index in [9.17, 15) is 24.3 Å². The Morgan fingerprint density at radius 1 is 1.00 bits per heavy atom. The predicted molar refractivity (Wildman–Crippen MR) is 180 cm³/mol. The number of fused-ring (bicyclic) bond motifs is 2. The summed E-state index contributed by atoms with van der Waals surface area (Å²) in [5.41, 5.74) is 0.980. The first-order chi connectivity index (χ1) is 23.2. The van der Waals surface area contributed by atoms with Crippen molar-refractivity contribution in [1.82, 2.24) is 10.2 Å². The number of carbonyl (C=O) groups is 4. The summed E-state index contributed by atoms with van der Waals surface area (Å²) < 4.78 is 12.2. The Balaban J connectivity index is 1.42. The van der Waals surface area contributed by atoms with Crippen LogP contribution < -0.4 is 15.1 Å². The Labute approximate surface area is 281 Å². The molecule has 4 heterocycles. The Kier molecular flexibility index (Phi) is 9.70. The molecule has 11 heteroatoms. The van der Waals surface area contributed by atoms with E-state index in [0.29, 0.717) is 12.1 Å². The highest BCUT2D eigenvalue weighted by atomic mass is 16.5. The van der Waals surface area contributed by atoms with Crippen molar-refractivity contribution in [2.24, 2.45) is 11.8 Å². The Bertz CT molecular complexity index is 1570. The third-order valence-corrected chi connectivity index (χ3v) is 10.0. The molecule has 0 unspecified atom stereocenters. The van der Waals surface area contributed by atoms with E-state index < -0.39 is 59.5 Å². The van der Waals surface area contributed by atoms with Gasteiger partial charge in [-0.25, -0.2) is 0 Å². The second kappa shape index (κ2) is 13.9. The number of benzene rings is 2. The number of esters is 1. The van der Waals surface area contributed by atoms with Crippen LogP contribution in [0.1, 0.15) is 45.2 Å². The lowest BCUT2D eigenvalue weighted by molar-refractivity contribution is -0.146. The van der Waals surface area contributed by atoms with Crippen molar-refractivity contribution >= 4 is 35.1 Å². The van der Waals surface area contributed by atoms with Gasteiger partial charge in [-0.05, 0) is 57.0 Å². The number of hydrogen-bond acceptors (Lipinski definition) is 8. The molecule has 5 bridgehead atoms. The molecule has 2 aromatic carbocycles. The fraction of sp³-hybridized carbons (Fsp3) is 0.459. The number of cyclic esters (lactones) is 1. The smallest absolute Gasteiger partial charge is 0.306 e. The molecule has 0 saturated carbocycles. The van der Waals surface area contributed by atoms with E-state index in [1.54, 1.807) is 24.0 Å². The molecule has 2 fully saturated rings. The number of allylic oxidation sites excluding steroid dienone is 1. The number of hydrogen-bond donors (Lipinski definition) is 2. The molecule has 3 amide bonds. The fourth-order valence-electron chi connectivity index (χ4n) is 7.57. The van der Waals surface area contributed by atoms with Crippen molar-refractivity contribution in [3.63, 3.8) is 0 Å². The summed E-state index contributed by atoms with van der Waals surface area (Å²) in [4.78, 5) is 61.4. The average molecular weight is 657 g/mol. The number of ether oxygens (including phenoxy) is 2. The number of nitrogens with one attached hydrogen (secondary N) is 1. The molecular formula is C37H44N4O7. The molecule has 0 radical (unpaired) electrons. The molecule has 0 aromatic heterocycles. The van der Waals surface area contributed by atoms with Gasteiger partial charge in [-0.3, -0.25) is 19.2 Å². The molecule has 1 spiro atoms. The molecular weight excluding hydrogens is 612 g/mol. The highest BCUT2D eigenvalue weighted by Gasteiger charge is 2.73. The first-order valence-corrected chi connectivity index (χ1v) is 16.9. The van der Waals surface area contributed by atoms with Gasteiger partial charge in [-0.15, -0.1) is 0 Å². The zero-order chi connectivity index (χ0) is 34.0. The van der Waals surface area contributed by atoms with Gasteiger partial charge in [0.2, 0.25) is 11.8 Å². The number of aliphatic hydroxyl groups is 1. The fourth-order valence-corrected chi connectivity index (χ4v) is 7.57. The van der Waals surface area contributed by atoms with Crippen molar-refractivity contribution < 1.29 is 33.8 Å². The van der Waals surface area contributed by atoms with E-state index in [2.05, 4.69) is 24.1 Å². The molecule has 4 aliphatic heterocycles. The molecule has 2 saturated heterocycles. The number of amides is 3. The Morgan fingerprint density at radius 2 is 1.73 bits per heavy atom. The quantitative estimate of drug-likeness (QED) is 0.344. The van der Waals surface area contributed by atoms with Crippen molar-refractivity contribution in [1.29, 1.82) is 0 Å². The topological polar surface area (TPSA) is 129 Å². The lowest BCUT2D eigenvalue weighted by atomic mass is 9.74. The molecule has 0 aliphatic carbocycles. The SMILES string of the molecule is CCN(CC)c1ccc(N2C/C=C\CCC(=O)OC[C@H](c3ccccc3)NC(=O)[C@@H]3[C@H]4C(=O)N([C@H](C)CO)[C@H](C2=O)[C@]42C=C[C@H]3O2)cc1. The van der Waals surface area contributed by atoms with Crippen molar-refractivity contribution in [2.45, 2.75) is 63.4 Å². The maximum absolute atomic E-state index is 14.9. The van der Waals surface area contributed by atoms with Gasteiger partial charge in [-0.2, -0.15) is 0 Å². The van der Waals surface area contributed by atoms with Gasteiger partial charge in [-0.1, -0.05) is 54.6 Å². The van der Waals surface area contributed by atoms with Gasteiger partial charge >= 0.3 is 5.97 Å². The Hall–Kier alpha value is -4.48. The summed E-state index contributed by atoms with van der Waals surface area (Å²) in [6.07, 6.45) is 6.97. The number of likely N-dealkylation sites (tertiary alicyclic amines) is 1. The minimum atomic E-state index is -1.41. The van der Waals surface area contributed by atoms with Crippen LogP contribution in [0, 0.1) is 11.8 Å². The minimum Gasteiger partial charge on any atom is -0.463 e. The Morgan fingerprint density at radius 3 is 2.42 bits per heavy atom. The third-order valence-electron chi connectivity index (χ3n) is 10.0. The number of rotatable bonds is 7.